The zero-order valence-corrected chi connectivity index (χ0v) is 26.1. The Hall–Kier alpha value is -4.21. The highest BCUT2D eigenvalue weighted by atomic mass is 35.5. The van der Waals surface area contributed by atoms with Crippen LogP contribution in [0, 0.1) is 0 Å². The van der Waals surface area contributed by atoms with Gasteiger partial charge in [0, 0.05) is 25.1 Å². The molecule has 3 rings (SSSR count). The van der Waals surface area contributed by atoms with E-state index in [1.807, 2.05) is 0 Å². The highest BCUT2D eigenvalue weighted by molar-refractivity contribution is 6.39. The van der Waals surface area contributed by atoms with Crippen molar-refractivity contribution < 1.29 is 33.7 Å². The van der Waals surface area contributed by atoms with Gasteiger partial charge in [0.1, 0.15) is 23.1 Å². The van der Waals surface area contributed by atoms with Crippen LogP contribution in [0.5, 0.6) is 11.5 Å². The number of nitrogens with one attached hydrogen (secondary N) is 1. The molecule has 0 bridgehead atoms. The summed E-state index contributed by atoms with van der Waals surface area (Å²) in [7, 11) is 3.01. The molecule has 0 saturated carbocycles. The molecular formula is C32H34Cl2N2O7. The Morgan fingerprint density at radius 3 is 2.02 bits per heavy atom. The van der Waals surface area contributed by atoms with Crippen molar-refractivity contribution in [2.75, 3.05) is 25.7 Å². The number of methoxy groups -OCH3 is 2. The number of rotatable bonds is 11. The lowest BCUT2D eigenvalue weighted by molar-refractivity contribution is -0.139. The average molecular weight is 630 g/mol. The number of aliphatic carboxylic acids is 1. The summed E-state index contributed by atoms with van der Waals surface area (Å²) in [6.45, 7) is 9.29. The number of benzene rings is 3. The molecule has 0 fully saturated rings. The van der Waals surface area contributed by atoms with Crippen molar-refractivity contribution in [2.45, 2.75) is 38.8 Å². The van der Waals surface area contributed by atoms with Crippen LogP contribution in [0.2, 0.25) is 10.0 Å². The fourth-order valence-electron chi connectivity index (χ4n) is 4.26. The SMILES string of the molecule is C=CCN(C(=O)OC(C)(C)C)c1cc(OC)c(-c2ccc(C[C@H](NC(=O)c3c(Cl)cccc3Cl)C(=O)O)cc2)c(OC)c1. The Balaban J connectivity index is 1.90. The highest BCUT2D eigenvalue weighted by Crippen LogP contribution is 2.42. The van der Waals surface area contributed by atoms with Crippen molar-refractivity contribution in [3.05, 3.63) is 88.4 Å². The molecule has 2 N–H and O–H groups in total. The Kier molecular flexibility index (Phi) is 11.1. The molecular weight excluding hydrogens is 595 g/mol. The molecule has 0 radical (unpaired) electrons. The summed E-state index contributed by atoms with van der Waals surface area (Å²) in [4.78, 5) is 39.2. The van der Waals surface area contributed by atoms with Gasteiger partial charge in [0.05, 0.1) is 41.1 Å². The molecule has 0 aliphatic rings. The van der Waals surface area contributed by atoms with Gasteiger partial charge in [-0.3, -0.25) is 9.69 Å². The maximum absolute atomic E-state index is 13.0. The van der Waals surface area contributed by atoms with Gasteiger partial charge in [-0.15, -0.1) is 6.58 Å². The molecule has 0 aromatic heterocycles. The van der Waals surface area contributed by atoms with E-state index in [9.17, 15) is 19.5 Å². The van der Waals surface area contributed by atoms with Crippen LogP contribution in [-0.4, -0.2) is 55.5 Å². The molecule has 43 heavy (non-hydrogen) atoms. The molecule has 228 valence electrons. The average Bonchev–Trinajstić information content (AvgIpc) is 2.94. The summed E-state index contributed by atoms with van der Waals surface area (Å²) >= 11 is 12.2. The molecule has 3 aromatic carbocycles. The third-order valence-corrected chi connectivity index (χ3v) is 6.83. The third-order valence-electron chi connectivity index (χ3n) is 6.20. The molecule has 1 atom stereocenters. The quantitative estimate of drug-likeness (QED) is 0.219. The van der Waals surface area contributed by atoms with Gasteiger partial charge in [-0.05, 0) is 44.0 Å². The second-order valence-electron chi connectivity index (χ2n) is 10.5. The van der Waals surface area contributed by atoms with Crippen molar-refractivity contribution in [2.24, 2.45) is 0 Å². The van der Waals surface area contributed by atoms with E-state index in [0.717, 1.165) is 5.56 Å². The lowest BCUT2D eigenvalue weighted by atomic mass is 9.98. The minimum Gasteiger partial charge on any atom is -0.496 e. The van der Waals surface area contributed by atoms with Gasteiger partial charge in [-0.1, -0.05) is 59.6 Å². The number of hydrogen-bond donors (Lipinski definition) is 2. The third kappa shape index (κ3) is 8.43. The number of nitrogens with zero attached hydrogens (tertiary/aromatic N) is 1. The van der Waals surface area contributed by atoms with Crippen molar-refractivity contribution in [3.8, 4) is 22.6 Å². The first-order valence-electron chi connectivity index (χ1n) is 13.2. The summed E-state index contributed by atoms with van der Waals surface area (Å²) in [6.07, 6.45) is 1.04. The van der Waals surface area contributed by atoms with E-state index in [0.29, 0.717) is 28.3 Å². The predicted octanol–water partition coefficient (Wildman–Crippen LogP) is 7.03. The highest BCUT2D eigenvalue weighted by Gasteiger charge is 2.26. The van der Waals surface area contributed by atoms with Crippen LogP contribution in [-0.2, 0) is 16.0 Å². The molecule has 0 spiro atoms. The second kappa shape index (κ2) is 14.3. The molecule has 0 unspecified atom stereocenters. The summed E-state index contributed by atoms with van der Waals surface area (Å²) < 4.78 is 17.0. The summed E-state index contributed by atoms with van der Waals surface area (Å²) in [5.74, 6) is -1.03. The van der Waals surface area contributed by atoms with Crippen LogP contribution in [0.1, 0.15) is 36.7 Å². The van der Waals surface area contributed by atoms with Crippen LogP contribution in [0.15, 0.2) is 67.3 Å². The number of hydrogen-bond acceptors (Lipinski definition) is 6. The van der Waals surface area contributed by atoms with E-state index < -0.39 is 29.6 Å². The molecule has 11 heteroatoms. The van der Waals surface area contributed by atoms with Gasteiger partial charge < -0.3 is 24.6 Å². The summed E-state index contributed by atoms with van der Waals surface area (Å²) in [6, 6.07) is 13.8. The maximum atomic E-state index is 13.0. The molecule has 3 aromatic rings. The van der Waals surface area contributed by atoms with Crippen molar-refractivity contribution >= 4 is 46.9 Å². The Labute approximate surface area is 261 Å². The number of ether oxygens (including phenoxy) is 3. The van der Waals surface area contributed by atoms with Gasteiger partial charge >= 0.3 is 12.1 Å². The summed E-state index contributed by atoms with van der Waals surface area (Å²) in [5.41, 5.74) is 1.79. The molecule has 9 nitrogen and oxygen atoms in total. The van der Waals surface area contributed by atoms with Gasteiger partial charge in [-0.25, -0.2) is 9.59 Å². The first-order chi connectivity index (χ1) is 20.3. The van der Waals surface area contributed by atoms with E-state index in [4.69, 9.17) is 37.4 Å². The zero-order valence-electron chi connectivity index (χ0n) is 24.6. The zero-order chi connectivity index (χ0) is 31.9. The number of carboxylic acid groups (broad SMARTS) is 1. The molecule has 0 heterocycles. The smallest absolute Gasteiger partial charge is 0.415 e. The van der Waals surface area contributed by atoms with E-state index in [-0.39, 0.29) is 28.6 Å². The van der Waals surface area contributed by atoms with E-state index in [1.54, 1.807) is 69.3 Å². The Morgan fingerprint density at radius 1 is 1.00 bits per heavy atom. The Bertz CT molecular complexity index is 1460. The van der Waals surface area contributed by atoms with Crippen molar-refractivity contribution in [1.29, 1.82) is 0 Å². The monoisotopic (exact) mass is 628 g/mol. The molecule has 0 aliphatic heterocycles. The molecule has 0 aliphatic carbocycles. The number of anilines is 1. The number of carboxylic acids is 1. The maximum Gasteiger partial charge on any atom is 0.415 e. The fraction of sp³-hybridized carbons (Fsp3) is 0.281. The van der Waals surface area contributed by atoms with Crippen molar-refractivity contribution in [3.63, 3.8) is 0 Å². The largest absolute Gasteiger partial charge is 0.496 e. The van der Waals surface area contributed by atoms with Gasteiger partial charge in [0.25, 0.3) is 5.91 Å². The number of carbonyl (C=O) groups excluding carboxylic acids is 2. The molecule has 2 amide bonds. The second-order valence-corrected chi connectivity index (χ2v) is 11.3. The van der Waals surface area contributed by atoms with Gasteiger partial charge in [0.2, 0.25) is 0 Å². The lowest BCUT2D eigenvalue weighted by Gasteiger charge is -2.27. The Morgan fingerprint density at radius 2 is 1.56 bits per heavy atom. The van der Waals surface area contributed by atoms with Gasteiger partial charge in [0.15, 0.2) is 0 Å². The van der Waals surface area contributed by atoms with Crippen LogP contribution in [0.25, 0.3) is 11.1 Å². The number of carbonyl (C=O) groups is 3. The van der Waals surface area contributed by atoms with Crippen LogP contribution >= 0.6 is 23.2 Å². The fourth-order valence-corrected chi connectivity index (χ4v) is 4.83. The normalized spacial score (nSPS) is 11.7. The minimum atomic E-state index is -1.24. The lowest BCUT2D eigenvalue weighted by Crippen LogP contribution is -2.42. The summed E-state index contributed by atoms with van der Waals surface area (Å²) in [5, 5.41) is 12.5. The predicted molar refractivity (Wildman–Crippen MR) is 168 cm³/mol. The van der Waals surface area contributed by atoms with E-state index in [1.165, 1.54) is 31.3 Å². The van der Waals surface area contributed by atoms with Crippen LogP contribution < -0.4 is 19.7 Å². The topological polar surface area (TPSA) is 114 Å². The van der Waals surface area contributed by atoms with Gasteiger partial charge in [-0.2, -0.15) is 0 Å². The molecule has 0 saturated heterocycles. The first kappa shape index (κ1) is 33.3. The first-order valence-corrected chi connectivity index (χ1v) is 14.0. The van der Waals surface area contributed by atoms with E-state index in [2.05, 4.69) is 11.9 Å². The standard InChI is InChI=1S/C32H34Cl2N2O7/c1-7-15-36(31(40)43-32(2,3)4)21-17-25(41-5)27(26(18-21)42-6)20-13-11-19(12-14-20)16-24(30(38)39)35-29(37)28-22(33)9-8-10-23(28)34/h7-14,17-18,24H,1,15-16H2,2-6H3,(H,35,37)(H,38,39)/t24-/m0/s1. The van der Waals surface area contributed by atoms with E-state index >= 15 is 0 Å². The number of halogens is 2. The minimum absolute atomic E-state index is 0.00301. The van der Waals surface area contributed by atoms with Crippen LogP contribution in [0.3, 0.4) is 0 Å². The van der Waals surface area contributed by atoms with Crippen LogP contribution in [0.4, 0.5) is 10.5 Å². The van der Waals surface area contributed by atoms with Crippen molar-refractivity contribution in [1.82, 2.24) is 5.32 Å². The number of amides is 2.